The Bertz CT molecular complexity index is 305. The summed E-state index contributed by atoms with van der Waals surface area (Å²) in [5.74, 6) is 0. The Hall–Kier alpha value is -0.470. The van der Waals surface area contributed by atoms with Gasteiger partial charge in [-0.2, -0.15) is 0 Å². The van der Waals surface area contributed by atoms with Gasteiger partial charge < -0.3 is 5.73 Å². The van der Waals surface area contributed by atoms with Crippen molar-refractivity contribution < 1.29 is 0 Å². The van der Waals surface area contributed by atoms with Crippen LogP contribution in [0.5, 0.6) is 0 Å². The van der Waals surface area contributed by atoms with Gasteiger partial charge >= 0.3 is 0 Å². The molecular weight excluding hydrogens is 178 g/mol. The van der Waals surface area contributed by atoms with Crippen LogP contribution in [0.4, 0.5) is 0 Å². The third kappa shape index (κ3) is 1.49. The van der Waals surface area contributed by atoms with Crippen LogP contribution in [0.2, 0.25) is 0 Å². The van der Waals surface area contributed by atoms with Gasteiger partial charge in [0.15, 0.2) is 0 Å². The maximum absolute atomic E-state index is 6.29. The molecule has 0 bridgehead atoms. The molecule has 0 saturated heterocycles. The average Bonchev–Trinajstić information content (AvgIpc) is 2.14. The van der Waals surface area contributed by atoms with Crippen molar-refractivity contribution in [3.05, 3.63) is 29.8 Å². The summed E-state index contributed by atoms with van der Waals surface area (Å²) in [4.78, 5) is 1.34. The molecule has 1 aliphatic rings. The standard InChI is InChI=1S/C11H15NS/c1-13-10-6-3-2-5-9(10)11(12)7-4-8-11/h2-3,5-6H,4,7-8,12H2,1H3. The number of benzene rings is 1. The van der Waals surface area contributed by atoms with Gasteiger partial charge in [-0.05, 0) is 37.1 Å². The predicted octanol–water partition coefficient (Wildman–Crippen LogP) is 2.75. The maximum atomic E-state index is 6.29. The van der Waals surface area contributed by atoms with E-state index in [1.54, 1.807) is 11.8 Å². The largest absolute Gasteiger partial charge is 0.321 e. The minimum absolute atomic E-state index is 0.0143. The van der Waals surface area contributed by atoms with E-state index in [9.17, 15) is 0 Å². The van der Waals surface area contributed by atoms with Gasteiger partial charge in [0.1, 0.15) is 0 Å². The molecule has 1 aromatic carbocycles. The number of hydrogen-bond donors (Lipinski definition) is 1. The van der Waals surface area contributed by atoms with Crippen LogP contribution in [0.15, 0.2) is 29.2 Å². The SMILES string of the molecule is CSc1ccccc1C1(N)CCC1. The van der Waals surface area contributed by atoms with Gasteiger partial charge in [-0.3, -0.25) is 0 Å². The zero-order valence-corrected chi connectivity index (χ0v) is 8.73. The molecule has 70 valence electrons. The van der Waals surface area contributed by atoms with Crippen LogP contribution >= 0.6 is 11.8 Å². The van der Waals surface area contributed by atoms with E-state index in [2.05, 4.69) is 30.5 Å². The highest BCUT2D eigenvalue weighted by Gasteiger charge is 2.35. The minimum atomic E-state index is -0.0143. The zero-order valence-electron chi connectivity index (χ0n) is 7.92. The molecule has 2 N–H and O–H groups in total. The topological polar surface area (TPSA) is 26.0 Å². The van der Waals surface area contributed by atoms with Crippen molar-refractivity contribution in [2.75, 3.05) is 6.26 Å². The summed E-state index contributed by atoms with van der Waals surface area (Å²) in [6.07, 6.45) is 5.68. The molecule has 1 saturated carbocycles. The molecular formula is C11H15NS. The second kappa shape index (κ2) is 3.35. The first kappa shape index (κ1) is 9.10. The highest BCUT2D eigenvalue weighted by Crippen LogP contribution is 2.42. The summed E-state index contributed by atoms with van der Waals surface area (Å²) in [5, 5.41) is 0. The molecule has 1 fully saturated rings. The lowest BCUT2D eigenvalue weighted by Crippen LogP contribution is -2.43. The number of hydrogen-bond acceptors (Lipinski definition) is 2. The Morgan fingerprint density at radius 1 is 1.31 bits per heavy atom. The summed E-state index contributed by atoms with van der Waals surface area (Å²) in [7, 11) is 0. The van der Waals surface area contributed by atoms with Crippen molar-refractivity contribution in [2.45, 2.75) is 29.7 Å². The quantitative estimate of drug-likeness (QED) is 0.731. The lowest BCUT2D eigenvalue weighted by molar-refractivity contribution is 0.249. The Balaban J connectivity index is 2.38. The van der Waals surface area contributed by atoms with Crippen LogP contribution in [0.25, 0.3) is 0 Å². The Morgan fingerprint density at radius 3 is 2.54 bits per heavy atom. The fourth-order valence-electron chi connectivity index (χ4n) is 1.88. The number of thioether (sulfide) groups is 1. The van der Waals surface area contributed by atoms with Gasteiger partial charge in [-0.1, -0.05) is 18.2 Å². The molecule has 0 radical (unpaired) electrons. The van der Waals surface area contributed by atoms with Crippen molar-refractivity contribution in [1.29, 1.82) is 0 Å². The lowest BCUT2D eigenvalue weighted by Gasteiger charge is -2.39. The highest BCUT2D eigenvalue weighted by atomic mass is 32.2. The first-order valence-electron chi connectivity index (χ1n) is 4.69. The fraction of sp³-hybridized carbons (Fsp3) is 0.455. The van der Waals surface area contributed by atoms with Gasteiger partial charge in [-0.15, -0.1) is 11.8 Å². The maximum Gasteiger partial charge on any atom is 0.0420 e. The zero-order chi connectivity index (χ0) is 9.31. The Kier molecular flexibility index (Phi) is 2.35. The predicted molar refractivity (Wildman–Crippen MR) is 57.9 cm³/mol. The summed E-state index contributed by atoms with van der Waals surface area (Å²) < 4.78 is 0. The van der Waals surface area contributed by atoms with Gasteiger partial charge in [0.2, 0.25) is 0 Å². The normalized spacial score (nSPS) is 19.5. The molecule has 1 aromatic rings. The van der Waals surface area contributed by atoms with Crippen molar-refractivity contribution in [1.82, 2.24) is 0 Å². The van der Waals surface area contributed by atoms with Gasteiger partial charge in [-0.25, -0.2) is 0 Å². The van der Waals surface area contributed by atoms with Crippen LogP contribution in [0, 0.1) is 0 Å². The lowest BCUT2D eigenvalue weighted by atomic mass is 9.73. The molecule has 1 aliphatic carbocycles. The smallest absolute Gasteiger partial charge is 0.0420 e. The van der Waals surface area contributed by atoms with E-state index in [0.717, 1.165) is 12.8 Å². The van der Waals surface area contributed by atoms with Gasteiger partial charge in [0.25, 0.3) is 0 Å². The van der Waals surface area contributed by atoms with Crippen LogP contribution < -0.4 is 5.73 Å². The highest BCUT2D eigenvalue weighted by molar-refractivity contribution is 7.98. The second-order valence-electron chi connectivity index (χ2n) is 3.71. The summed E-state index contributed by atoms with van der Waals surface area (Å²) in [5.41, 5.74) is 7.61. The summed E-state index contributed by atoms with van der Waals surface area (Å²) in [6.45, 7) is 0. The molecule has 0 aromatic heterocycles. The third-order valence-corrected chi connectivity index (χ3v) is 3.68. The number of nitrogens with two attached hydrogens (primary N) is 1. The summed E-state index contributed by atoms with van der Waals surface area (Å²) in [6, 6.07) is 8.50. The molecule has 0 heterocycles. The van der Waals surface area contributed by atoms with E-state index in [-0.39, 0.29) is 5.54 Å². The molecule has 0 unspecified atom stereocenters. The van der Waals surface area contributed by atoms with Crippen molar-refractivity contribution in [2.24, 2.45) is 5.73 Å². The Labute approximate surface area is 83.7 Å². The van der Waals surface area contributed by atoms with E-state index in [1.807, 2.05) is 0 Å². The van der Waals surface area contributed by atoms with E-state index in [0.29, 0.717) is 0 Å². The minimum Gasteiger partial charge on any atom is -0.321 e. The van der Waals surface area contributed by atoms with Crippen molar-refractivity contribution in [3.63, 3.8) is 0 Å². The molecule has 0 atom stereocenters. The monoisotopic (exact) mass is 193 g/mol. The molecule has 0 amide bonds. The molecule has 0 aliphatic heterocycles. The molecule has 0 spiro atoms. The molecule has 1 nitrogen and oxygen atoms in total. The third-order valence-electron chi connectivity index (χ3n) is 2.89. The first-order valence-corrected chi connectivity index (χ1v) is 5.91. The van der Waals surface area contributed by atoms with E-state index in [1.165, 1.54) is 16.9 Å². The second-order valence-corrected chi connectivity index (χ2v) is 4.56. The van der Waals surface area contributed by atoms with Crippen molar-refractivity contribution >= 4 is 11.8 Å². The van der Waals surface area contributed by atoms with Crippen LogP contribution in [-0.2, 0) is 5.54 Å². The van der Waals surface area contributed by atoms with Gasteiger partial charge in [0, 0.05) is 10.4 Å². The molecule has 2 rings (SSSR count). The van der Waals surface area contributed by atoms with E-state index >= 15 is 0 Å². The average molecular weight is 193 g/mol. The van der Waals surface area contributed by atoms with E-state index in [4.69, 9.17) is 5.73 Å². The van der Waals surface area contributed by atoms with Crippen LogP contribution in [0.1, 0.15) is 24.8 Å². The van der Waals surface area contributed by atoms with Crippen molar-refractivity contribution in [3.8, 4) is 0 Å². The van der Waals surface area contributed by atoms with E-state index < -0.39 is 0 Å². The Morgan fingerprint density at radius 2 is 2.00 bits per heavy atom. The first-order chi connectivity index (χ1) is 6.26. The fourth-order valence-corrected chi connectivity index (χ4v) is 2.59. The number of rotatable bonds is 2. The van der Waals surface area contributed by atoms with Crippen LogP contribution in [0.3, 0.4) is 0 Å². The summed E-state index contributed by atoms with van der Waals surface area (Å²) >= 11 is 1.79. The van der Waals surface area contributed by atoms with Gasteiger partial charge in [0.05, 0.1) is 0 Å². The van der Waals surface area contributed by atoms with Crippen LogP contribution in [-0.4, -0.2) is 6.26 Å². The molecule has 2 heteroatoms. The molecule has 13 heavy (non-hydrogen) atoms.